The van der Waals surface area contributed by atoms with Gasteiger partial charge in [-0.2, -0.15) is 5.10 Å². The minimum atomic E-state index is -1.48. The largest absolute Gasteiger partial charge is 0.493 e. The van der Waals surface area contributed by atoms with E-state index >= 15 is 0 Å². The summed E-state index contributed by atoms with van der Waals surface area (Å²) in [5, 5.41) is 14.4. The Bertz CT molecular complexity index is 604. The number of aliphatic hydroxyl groups is 1. The molecular formula is C14H16F2N2O2. The number of ether oxygens (including phenoxy) is 1. The molecule has 0 amide bonds. The van der Waals surface area contributed by atoms with E-state index in [0.29, 0.717) is 12.3 Å². The van der Waals surface area contributed by atoms with Crippen LogP contribution in [0.1, 0.15) is 29.8 Å². The Labute approximate surface area is 115 Å². The summed E-state index contributed by atoms with van der Waals surface area (Å²) in [7, 11) is 1.41. The van der Waals surface area contributed by atoms with E-state index in [9.17, 15) is 13.9 Å². The van der Waals surface area contributed by atoms with Gasteiger partial charge in [-0.15, -0.1) is 0 Å². The lowest BCUT2D eigenvalue weighted by atomic mass is 10.0. The van der Waals surface area contributed by atoms with Crippen molar-refractivity contribution >= 4 is 0 Å². The van der Waals surface area contributed by atoms with Crippen LogP contribution >= 0.6 is 0 Å². The fourth-order valence-electron chi connectivity index (χ4n) is 2.13. The van der Waals surface area contributed by atoms with E-state index in [2.05, 4.69) is 5.10 Å². The molecule has 0 aliphatic carbocycles. The SMILES string of the molecule is CCn1ncc(OC)c1C(O)c1c(F)ccc(C)c1F. The van der Waals surface area contributed by atoms with Gasteiger partial charge in [0.15, 0.2) is 5.75 Å². The van der Waals surface area contributed by atoms with Gasteiger partial charge in [0.2, 0.25) is 0 Å². The van der Waals surface area contributed by atoms with Crippen molar-refractivity contribution < 1.29 is 18.6 Å². The van der Waals surface area contributed by atoms with Crippen molar-refractivity contribution in [2.75, 3.05) is 7.11 Å². The van der Waals surface area contributed by atoms with Crippen LogP contribution in [-0.2, 0) is 6.54 Å². The average molecular weight is 282 g/mol. The van der Waals surface area contributed by atoms with Crippen molar-refractivity contribution in [1.29, 1.82) is 0 Å². The van der Waals surface area contributed by atoms with E-state index in [1.807, 2.05) is 6.92 Å². The fraction of sp³-hybridized carbons (Fsp3) is 0.357. The molecule has 0 bridgehead atoms. The number of aryl methyl sites for hydroxylation is 2. The molecular weight excluding hydrogens is 266 g/mol. The van der Waals surface area contributed by atoms with Crippen LogP contribution in [0.4, 0.5) is 8.78 Å². The van der Waals surface area contributed by atoms with Crippen LogP contribution in [0.5, 0.6) is 5.75 Å². The third-order valence-corrected chi connectivity index (χ3v) is 3.22. The lowest BCUT2D eigenvalue weighted by Gasteiger charge is -2.16. The van der Waals surface area contributed by atoms with Crippen molar-refractivity contribution in [2.45, 2.75) is 26.5 Å². The summed E-state index contributed by atoms with van der Waals surface area (Å²) in [5.74, 6) is -1.27. The molecule has 0 aliphatic rings. The highest BCUT2D eigenvalue weighted by atomic mass is 19.1. The summed E-state index contributed by atoms with van der Waals surface area (Å²) in [6, 6.07) is 2.46. The Balaban J connectivity index is 2.60. The normalized spacial score (nSPS) is 12.5. The Morgan fingerprint density at radius 2 is 2.10 bits per heavy atom. The average Bonchev–Trinajstić information content (AvgIpc) is 2.86. The van der Waals surface area contributed by atoms with Gasteiger partial charge in [-0.05, 0) is 25.5 Å². The molecule has 0 aliphatic heterocycles. The first kappa shape index (κ1) is 14.5. The first-order chi connectivity index (χ1) is 9.51. The molecule has 0 fully saturated rings. The van der Waals surface area contributed by atoms with Gasteiger partial charge < -0.3 is 9.84 Å². The molecule has 20 heavy (non-hydrogen) atoms. The van der Waals surface area contributed by atoms with Crippen molar-refractivity contribution in [2.24, 2.45) is 0 Å². The van der Waals surface area contributed by atoms with Crippen molar-refractivity contribution in [3.05, 3.63) is 46.8 Å². The molecule has 6 heteroatoms. The minimum Gasteiger partial charge on any atom is -0.493 e. The topological polar surface area (TPSA) is 47.3 Å². The molecule has 0 saturated carbocycles. The summed E-state index contributed by atoms with van der Waals surface area (Å²) in [6.45, 7) is 3.77. The Morgan fingerprint density at radius 1 is 1.40 bits per heavy atom. The molecule has 0 radical (unpaired) electrons. The van der Waals surface area contributed by atoms with Crippen molar-refractivity contribution in [1.82, 2.24) is 9.78 Å². The maximum Gasteiger partial charge on any atom is 0.163 e. The third-order valence-electron chi connectivity index (χ3n) is 3.22. The molecule has 108 valence electrons. The van der Waals surface area contributed by atoms with Crippen LogP contribution in [0.25, 0.3) is 0 Å². The number of halogens is 2. The highest BCUT2D eigenvalue weighted by molar-refractivity contribution is 5.38. The van der Waals surface area contributed by atoms with Crippen molar-refractivity contribution in [3.63, 3.8) is 0 Å². The zero-order chi connectivity index (χ0) is 14.9. The predicted octanol–water partition coefficient (Wildman–Crippen LogP) is 2.58. The molecule has 0 saturated heterocycles. The second-order valence-electron chi connectivity index (χ2n) is 4.41. The van der Waals surface area contributed by atoms with E-state index in [0.717, 1.165) is 6.07 Å². The van der Waals surface area contributed by atoms with Gasteiger partial charge in [0.1, 0.15) is 23.4 Å². The van der Waals surface area contributed by atoms with E-state index in [1.165, 1.54) is 31.0 Å². The zero-order valence-electron chi connectivity index (χ0n) is 11.5. The second-order valence-corrected chi connectivity index (χ2v) is 4.41. The molecule has 1 aromatic heterocycles. The van der Waals surface area contributed by atoms with E-state index in [1.54, 1.807) is 0 Å². The van der Waals surface area contributed by atoms with Gasteiger partial charge in [-0.3, -0.25) is 4.68 Å². The maximum absolute atomic E-state index is 14.1. The summed E-state index contributed by atoms with van der Waals surface area (Å²) in [4.78, 5) is 0. The molecule has 1 heterocycles. The number of aromatic nitrogens is 2. The Morgan fingerprint density at radius 3 is 2.70 bits per heavy atom. The predicted molar refractivity (Wildman–Crippen MR) is 69.6 cm³/mol. The van der Waals surface area contributed by atoms with Gasteiger partial charge in [-0.25, -0.2) is 8.78 Å². The fourth-order valence-corrected chi connectivity index (χ4v) is 2.13. The number of hydrogen-bond acceptors (Lipinski definition) is 3. The second kappa shape index (κ2) is 5.58. The van der Waals surface area contributed by atoms with Crippen LogP contribution in [-0.4, -0.2) is 22.0 Å². The highest BCUT2D eigenvalue weighted by Gasteiger charge is 2.27. The van der Waals surface area contributed by atoms with E-state index < -0.39 is 23.3 Å². The molecule has 1 atom stereocenters. The number of hydrogen-bond donors (Lipinski definition) is 1. The van der Waals surface area contributed by atoms with Crippen LogP contribution in [0.15, 0.2) is 18.3 Å². The van der Waals surface area contributed by atoms with Crippen LogP contribution < -0.4 is 4.74 Å². The zero-order valence-corrected chi connectivity index (χ0v) is 11.5. The first-order valence-corrected chi connectivity index (χ1v) is 6.23. The quantitative estimate of drug-likeness (QED) is 0.937. The number of benzene rings is 1. The van der Waals surface area contributed by atoms with E-state index in [-0.39, 0.29) is 11.3 Å². The Kier molecular flexibility index (Phi) is 4.04. The summed E-state index contributed by atoms with van der Waals surface area (Å²) in [5.41, 5.74) is 0.110. The third kappa shape index (κ3) is 2.27. The molecule has 1 unspecified atom stereocenters. The van der Waals surface area contributed by atoms with Crippen molar-refractivity contribution in [3.8, 4) is 5.75 Å². The summed E-state index contributed by atoms with van der Waals surface area (Å²) >= 11 is 0. The van der Waals surface area contributed by atoms with Gasteiger partial charge >= 0.3 is 0 Å². The van der Waals surface area contributed by atoms with Gasteiger partial charge in [0.05, 0.1) is 18.9 Å². The van der Waals surface area contributed by atoms with Gasteiger partial charge in [-0.1, -0.05) is 6.07 Å². The van der Waals surface area contributed by atoms with Gasteiger partial charge in [0, 0.05) is 6.54 Å². The molecule has 0 spiro atoms. The number of methoxy groups -OCH3 is 1. The van der Waals surface area contributed by atoms with E-state index in [4.69, 9.17) is 4.74 Å². The molecule has 1 N–H and O–H groups in total. The lowest BCUT2D eigenvalue weighted by Crippen LogP contribution is -2.13. The molecule has 2 aromatic rings. The van der Waals surface area contributed by atoms with Crippen LogP contribution in [0.3, 0.4) is 0 Å². The van der Waals surface area contributed by atoms with Crippen LogP contribution in [0, 0.1) is 18.6 Å². The Hall–Kier alpha value is -1.95. The number of rotatable bonds is 4. The smallest absolute Gasteiger partial charge is 0.163 e. The molecule has 2 rings (SSSR count). The first-order valence-electron chi connectivity index (χ1n) is 6.23. The molecule has 4 nitrogen and oxygen atoms in total. The monoisotopic (exact) mass is 282 g/mol. The maximum atomic E-state index is 14.1. The van der Waals surface area contributed by atoms with Crippen LogP contribution in [0.2, 0.25) is 0 Å². The number of nitrogens with zero attached hydrogens (tertiary/aromatic N) is 2. The minimum absolute atomic E-state index is 0.235. The van der Waals surface area contributed by atoms with Gasteiger partial charge in [0.25, 0.3) is 0 Å². The highest BCUT2D eigenvalue weighted by Crippen LogP contribution is 2.33. The number of aliphatic hydroxyl groups excluding tert-OH is 1. The summed E-state index contributed by atoms with van der Waals surface area (Å²) in [6.07, 6.45) is -0.0690. The lowest BCUT2D eigenvalue weighted by molar-refractivity contribution is 0.192. The standard InChI is InChI=1S/C14H16F2N2O2/c1-4-18-13(10(20-3)7-17-18)14(19)11-9(15)6-5-8(2)12(11)16/h5-7,14,19H,4H2,1-3H3. The molecule has 1 aromatic carbocycles. The summed E-state index contributed by atoms with van der Waals surface area (Å²) < 4.78 is 34.5.